The van der Waals surface area contributed by atoms with Crippen LogP contribution >= 0.6 is 11.6 Å². The zero-order valence-corrected chi connectivity index (χ0v) is 14.9. The second kappa shape index (κ2) is 8.26. The molecular weight excluding hydrogens is 348 g/mol. The third-order valence-corrected chi connectivity index (χ3v) is 5.60. The third kappa shape index (κ3) is 5.32. The van der Waals surface area contributed by atoms with Crippen molar-refractivity contribution in [2.75, 3.05) is 19.3 Å². The Hall–Kier alpha value is -1.92. The van der Waals surface area contributed by atoms with Gasteiger partial charge in [0.2, 0.25) is 5.91 Å². The number of likely N-dealkylation sites (N-methyl/N-ethyl adjacent to an activating group) is 1. The van der Waals surface area contributed by atoms with Gasteiger partial charge in [-0.2, -0.15) is 0 Å². The Labute approximate surface area is 147 Å². The molecule has 0 aliphatic rings. The van der Waals surface area contributed by atoms with E-state index in [1.165, 1.54) is 12.1 Å². The molecule has 0 N–H and O–H groups in total. The minimum atomic E-state index is -3.52. The number of pyridine rings is 1. The molecule has 1 aromatic heterocycles. The molecule has 0 saturated heterocycles. The quantitative estimate of drug-likeness (QED) is 0.755. The molecule has 0 aliphatic heterocycles. The second-order valence-electron chi connectivity index (χ2n) is 5.45. The van der Waals surface area contributed by atoms with Crippen molar-refractivity contribution in [2.24, 2.45) is 0 Å². The maximum Gasteiger partial charge on any atom is 0.223 e. The zero-order chi connectivity index (χ0) is 17.6. The maximum absolute atomic E-state index is 12.3. The van der Waals surface area contributed by atoms with E-state index in [-0.39, 0.29) is 23.0 Å². The van der Waals surface area contributed by atoms with E-state index in [0.717, 1.165) is 5.56 Å². The van der Waals surface area contributed by atoms with Gasteiger partial charge >= 0.3 is 0 Å². The summed E-state index contributed by atoms with van der Waals surface area (Å²) >= 11 is 5.82. The van der Waals surface area contributed by atoms with E-state index < -0.39 is 9.84 Å². The number of sulfone groups is 1. The van der Waals surface area contributed by atoms with E-state index in [1.54, 1.807) is 36.5 Å². The first kappa shape index (κ1) is 18.4. The molecule has 1 heterocycles. The largest absolute Gasteiger partial charge is 0.345 e. The van der Waals surface area contributed by atoms with Crippen LogP contribution in [-0.4, -0.2) is 43.6 Å². The van der Waals surface area contributed by atoms with Crippen molar-refractivity contribution in [3.05, 3.63) is 59.4 Å². The van der Waals surface area contributed by atoms with Gasteiger partial charge in [-0.1, -0.05) is 17.7 Å². The number of carbonyl (C=O) groups is 1. The molecule has 0 fully saturated rings. The van der Waals surface area contributed by atoms with Gasteiger partial charge in [0, 0.05) is 37.4 Å². The summed E-state index contributed by atoms with van der Waals surface area (Å²) in [6.07, 6.45) is 4.05. The SMILES string of the molecule is CN(CCc1ccncc1)C(=O)CCS(=O)(=O)c1cccc(Cl)c1. The van der Waals surface area contributed by atoms with Gasteiger partial charge in [-0.05, 0) is 42.3 Å². The topological polar surface area (TPSA) is 67.3 Å². The van der Waals surface area contributed by atoms with Crippen LogP contribution in [0.15, 0.2) is 53.7 Å². The fraction of sp³-hybridized carbons (Fsp3) is 0.294. The third-order valence-electron chi connectivity index (χ3n) is 3.65. The Kier molecular flexibility index (Phi) is 6.34. The second-order valence-corrected chi connectivity index (χ2v) is 7.99. The molecule has 7 heteroatoms. The lowest BCUT2D eigenvalue weighted by molar-refractivity contribution is -0.129. The smallest absolute Gasteiger partial charge is 0.223 e. The minimum Gasteiger partial charge on any atom is -0.345 e. The predicted octanol–water partition coefficient (Wildman–Crippen LogP) is 2.60. The van der Waals surface area contributed by atoms with E-state index >= 15 is 0 Å². The normalized spacial score (nSPS) is 11.2. The average molecular weight is 367 g/mol. The first-order valence-corrected chi connectivity index (χ1v) is 9.53. The summed E-state index contributed by atoms with van der Waals surface area (Å²) < 4.78 is 24.5. The standard InChI is InChI=1S/C17H19ClN2O3S/c1-20(11-7-14-5-9-19-10-6-14)17(21)8-12-24(22,23)16-4-2-3-15(18)13-16/h2-6,9-10,13H,7-8,11-12H2,1H3. The number of hydrogen-bond donors (Lipinski definition) is 0. The Morgan fingerprint density at radius 2 is 1.92 bits per heavy atom. The van der Waals surface area contributed by atoms with E-state index in [0.29, 0.717) is 18.0 Å². The highest BCUT2D eigenvalue weighted by molar-refractivity contribution is 7.91. The van der Waals surface area contributed by atoms with Gasteiger partial charge in [-0.3, -0.25) is 9.78 Å². The van der Waals surface area contributed by atoms with E-state index in [9.17, 15) is 13.2 Å². The Balaban J connectivity index is 1.87. The summed E-state index contributed by atoms with van der Waals surface area (Å²) in [6.45, 7) is 0.528. The Bertz CT molecular complexity index is 794. The van der Waals surface area contributed by atoms with Crippen LogP contribution in [0.5, 0.6) is 0 Å². The number of hydrogen-bond acceptors (Lipinski definition) is 4. The molecule has 2 aromatic rings. The lowest BCUT2D eigenvalue weighted by atomic mass is 10.2. The molecule has 1 aromatic carbocycles. The fourth-order valence-electron chi connectivity index (χ4n) is 2.16. The predicted molar refractivity (Wildman–Crippen MR) is 93.7 cm³/mol. The molecule has 0 bridgehead atoms. The summed E-state index contributed by atoms with van der Waals surface area (Å²) in [5, 5.41) is 0.358. The molecule has 0 saturated carbocycles. The van der Waals surface area contributed by atoms with Crippen LogP contribution in [0.25, 0.3) is 0 Å². The van der Waals surface area contributed by atoms with Gasteiger partial charge in [-0.15, -0.1) is 0 Å². The summed E-state index contributed by atoms with van der Waals surface area (Å²) in [5.74, 6) is -0.430. The average Bonchev–Trinajstić information content (AvgIpc) is 2.58. The Morgan fingerprint density at radius 3 is 2.58 bits per heavy atom. The van der Waals surface area contributed by atoms with Crippen molar-refractivity contribution in [1.82, 2.24) is 9.88 Å². The maximum atomic E-state index is 12.3. The minimum absolute atomic E-state index is 0.0539. The van der Waals surface area contributed by atoms with Gasteiger partial charge in [0.25, 0.3) is 0 Å². The lowest BCUT2D eigenvalue weighted by Gasteiger charge is -2.17. The van der Waals surface area contributed by atoms with Gasteiger partial charge in [-0.25, -0.2) is 8.42 Å². The number of nitrogens with zero attached hydrogens (tertiary/aromatic N) is 2. The van der Waals surface area contributed by atoms with Crippen LogP contribution in [-0.2, 0) is 21.1 Å². The molecule has 0 unspecified atom stereocenters. The molecule has 128 valence electrons. The highest BCUT2D eigenvalue weighted by Gasteiger charge is 2.18. The van der Waals surface area contributed by atoms with Crippen LogP contribution < -0.4 is 0 Å². The monoisotopic (exact) mass is 366 g/mol. The molecule has 0 spiro atoms. The molecule has 0 radical (unpaired) electrons. The molecule has 0 aliphatic carbocycles. The van der Waals surface area contributed by atoms with Crippen molar-refractivity contribution in [2.45, 2.75) is 17.7 Å². The number of rotatable bonds is 7. The summed E-state index contributed by atoms with van der Waals surface area (Å²) in [4.78, 5) is 17.8. The van der Waals surface area contributed by atoms with Crippen molar-refractivity contribution in [3.63, 3.8) is 0 Å². The van der Waals surface area contributed by atoms with E-state index in [1.807, 2.05) is 12.1 Å². The highest BCUT2D eigenvalue weighted by Crippen LogP contribution is 2.17. The van der Waals surface area contributed by atoms with E-state index in [2.05, 4.69) is 4.98 Å². The van der Waals surface area contributed by atoms with Crippen molar-refractivity contribution in [3.8, 4) is 0 Å². The summed E-state index contributed by atoms with van der Waals surface area (Å²) in [6, 6.07) is 9.85. The zero-order valence-electron chi connectivity index (χ0n) is 13.4. The van der Waals surface area contributed by atoms with Gasteiger partial charge in [0.05, 0.1) is 10.6 Å². The first-order chi connectivity index (χ1) is 11.4. The van der Waals surface area contributed by atoms with E-state index in [4.69, 9.17) is 11.6 Å². The Morgan fingerprint density at radius 1 is 1.21 bits per heavy atom. The highest BCUT2D eigenvalue weighted by atomic mass is 35.5. The van der Waals surface area contributed by atoms with Crippen LogP contribution in [0, 0.1) is 0 Å². The molecule has 2 rings (SSSR count). The van der Waals surface area contributed by atoms with Gasteiger partial charge < -0.3 is 4.90 Å². The van der Waals surface area contributed by atoms with Crippen LogP contribution in [0.1, 0.15) is 12.0 Å². The number of aromatic nitrogens is 1. The number of amides is 1. The molecule has 24 heavy (non-hydrogen) atoms. The lowest BCUT2D eigenvalue weighted by Crippen LogP contribution is -2.30. The molecule has 5 nitrogen and oxygen atoms in total. The van der Waals surface area contributed by atoms with Crippen LogP contribution in [0.2, 0.25) is 5.02 Å². The van der Waals surface area contributed by atoms with Crippen molar-refractivity contribution < 1.29 is 13.2 Å². The van der Waals surface area contributed by atoms with Gasteiger partial charge in [0.1, 0.15) is 0 Å². The molecule has 0 atom stereocenters. The summed E-state index contributed by atoms with van der Waals surface area (Å²) in [5.41, 5.74) is 1.08. The number of benzene rings is 1. The van der Waals surface area contributed by atoms with Crippen molar-refractivity contribution >= 4 is 27.3 Å². The molecule has 1 amide bonds. The van der Waals surface area contributed by atoms with Crippen LogP contribution in [0.3, 0.4) is 0 Å². The summed E-state index contributed by atoms with van der Waals surface area (Å²) in [7, 11) is -1.84. The number of halogens is 1. The fourth-order valence-corrected chi connectivity index (χ4v) is 3.69. The van der Waals surface area contributed by atoms with Gasteiger partial charge in [0.15, 0.2) is 9.84 Å². The number of carbonyl (C=O) groups excluding carboxylic acids is 1. The first-order valence-electron chi connectivity index (χ1n) is 7.50. The van der Waals surface area contributed by atoms with Crippen LogP contribution in [0.4, 0.5) is 0 Å². The van der Waals surface area contributed by atoms with Crippen molar-refractivity contribution in [1.29, 1.82) is 0 Å². The molecular formula is C17H19ClN2O3S.